The summed E-state index contributed by atoms with van der Waals surface area (Å²) in [5.74, 6) is -0.136. The van der Waals surface area contributed by atoms with Gasteiger partial charge in [-0.2, -0.15) is 5.26 Å². The number of hydrogen-bond acceptors (Lipinski definition) is 3. The van der Waals surface area contributed by atoms with Gasteiger partial charge in [-0.25, -0.2) is 4.98 Å². The van der Waals surface area contributed by atoms with E-state index in [2.05, 4.69) is 39.6 Å². The normalized spacial score (nSPS) is 10.8. The van der Waals surface area contributed by atoms with Crippen LogP contribution >= 0.6 is 0 Å². The molecular weight excluding hydrogens is 384 g/mol. The maximum Gasteiger partial charge on any atom is 0.228 e. The fourth-order valence-corrected chi connectivity index (χ4v) is 3.90. The van der Waals surface area contributed by atoms with Crippen molar-refractivity contribution >= 4 is 33.4 Å². The molecule has 0 aliphatic heterocycles. The van der Waals surface area contributed by atoms with E-state index in [-0.39, 0.29) is 12.3 Å². The molecule has 0 saturated carbocycles. The van der Waals surface area contributed by atoms with Crippen LogP contribution in [-0.4, -0.2) is 15.9 Å². The maximum absolute atomic E-state index is 12.7. The number of carbonyl (C=O) groups excluding carboxylic acids is 1. The number of nitriles is 1. The number of benzene rings is 3. The summed E-state index contributed by atoms with van der Waals surface area (Å²) >= 11 is 0. The topological polar surface area (TPSA) is 81.6 Å². The number of amides is 1. The van der Waals surface area contributed by atoms with Crippen LogP contribution in [-0.2, 0) is 11.2 Å². The van der Waals surface area contributed by atoms with Gasteiger partial charge in [-0.3, -0.25) is 4.79 Å². The number of anilines is 1. The van der Waals surface area contributed by atoms with Crippen LogP contribution in [0.1, 0.15) is 11.3 Å². The zero-order valence-corrected chi connectivity index (χ0v) is 16.6. The summed E-state index contributed by atoms with van der Waals surface area (Å²) in [4.78, 5) is 20.3. The molecule has 5 rings (SSSR count). The molecule has 0 unspecified atom stereocenters. The smallest absolute Gasteiger partial charge is 0.228 e. The minimum absolute atomic E-state index is 0.136. The molecule has 0 atom stereocenters. The van der Waals surface area contributed by atoms with Crippen molar-refractivity contribution in [2.45, 2.75) is 6.42 Å². The first-order chi connectivity index (χ1) is 15.2. The number of para-hydroxylation sites is 3. The highest BCUT2D eigenvalue weighted by molar-refractivity contribution is 6.13. The first-order valence-electron chi connectivity index (χ1n) is 9.96. The van der Waals surface area contributed by atoms with E-state index >= 15 is 0 Å². The molecule has 2 aromatic heterocycles. The molecule has 0 bridgehead atoms. The Hall–Kier alpha value is -4.43. The molecule has 0 radical (unpaired) electrons. The summed E-state index contributed by atoms with van der Waals surface area (Å²) in [6.45, 7) is 0. The summed E-state index contributed by atoms with van der Waals surface area (Å²) in [5, 5.41) is 14.2. The molecule has 2 heterocycles. The standard InChI is InChI=1S/C26H18N4O/c27-15-18-13-12-17(16-28-18)14-25(31)29-23-10-3-1-6-19(23)21-8-5-9-22-20-7-2-4-11-24(20)30-26(21)22/h1-13,16,30H,14H2,(H,29,31). The van der Waals surface area contributed by atoms with Crippen LogP contribution < -0.4 is 5.32 Å². The monoisotopic (exact) mass is 402 g/mol. The molecule has 0 fully saturated rings. The van der Waals surface area contributed by atoms with Gasteiger partial charge in [0, 0.05) is 39.3 Å². The second-order valence-electron chi connectivity index (χ2n) is 7.33. The number of aromatic amines is 1. The van der Waals surface area contributed by atoms with Crippen molar-refractivity contribution in [3.05, 3.63) is 96.3 Å². The second-order valence-corrected chi connectivity index (χ2v) is 7.33. The lowest BCUT2D eigenvalue weighted by Crippen LogP contribution is -2.15. The third-order valence-electron chi connectivity index (χ3n) is 5.34. The van der Waals surface area contributed by atoms with Gasteiger partial charge in [0.25, 0.3) is 0 Å². The number of nitrogens with one attached hydrogen (secondary N) is 2. The van der Waals surface area contributed by atoms with Gasteiger partial charge in [0.2, 0.25) is 5.91 Å². The van der Waals surface area contributed by atoms with E-state index in [9.17, 15) is 4.79 Å². The first kappa shape index (κ1) is 18.6. The Morgan fingerprint density at radius 3 is 2.52 bits per heavy atom. The fourth-order valence-electron chi connectivity index (χ4n) is 3.90. The van der Waals surface area contributed by atoms with Gasteiger partial charge in [0.1, 0.15) is 11.8 Å². The van der Waals surface area contributed by atoms with E-state index in [1.807, 2.05) is 48.5 Å². The minimum Gasteiger partial charge on any atom is -0.354 e. The van der Waals surface area contributed by atoms with Crippen LogP contribution in [0.4, 0.5) is 5.69 Å². The first-order valence-corrected chi connectivity index (χ1v) is 9.96. The highest BCUT2D eigenvalue weighted by Gasteiger charge is 2.14. The van der Waals surface area contributed by atoms with Crippen molar-refractivity contribution < 1.29 is 4.79 Å². The van der Waals surface area contributed by atoms with Gasteiger partial charge in [-0.1, -0.05) is 60.7 Å². The molecule has 0 saturated heterocycles. The quantitative estimate of drug-likeness (QED) is 0.420. The van der Waals surface area contributed by atoms with E-state index in [0.29, 0.717) is 5.69 Å². The van der Waals surface area contributed by atoms with Gasteiger partial charge in [0.05, 0.1) is 11.9 Å². The van der Waals surface area contributed by atoms with E-state index < -0.39 is 0 Å². The van der Waals surface area contributed by atoms with E-state index in [4.69, 9.17) is 5.26 Å². The molecule has 1 amide bonds. The molecule has 3 aromatic carbocycles. The summed E-state index contributed by atoms with van der Waals surface area (Å²) in [6.07, 6.45) is 1.75. The van der Waals surface area contributed by atoms with E-state index in [1.54, 1.807) is 18.3 Å². The molecule has 0 aliphatic rings. The Morgan fingerprint density at radius 2 is 1.68 bits per heavy atom. The van der Waals surface area contributed by atoms with Gasteiger partial charge in [-0.15, -0.1) is 0 Å². The SMILES string of the molecule is N#Cc1ccc(CC(=O)Nc2ccccc2-c2cccc3c2[nH]c2ccccc23)cn1. The summed E-state index contributed by atoms with van der Waals surface area (Å²) in [5.41, 5.74) is 5.95. The van der Waals surface area contributed by atoms with Crippen LogP contribution in [0.5, 0.6) is 0 Å². The lowest BCUT2D eigenvalue weighted by molar-refractivity contribution is -0.115. The predicted molar refractivity (Wildman–Crippen MR) is 123 cm³/mol. The number of pyridine rings is 1. The van der Waals surface area contributed by atoms with Gasteiger partial charge < -0.3 is 10.3 Å². The molecule has 5 aromatic rings. The van der Waals surface area contributed by atoms with Crippen LogP contribution in [0.25, 0.3) is 32.9 Å². The van der Waals surface area contributed by atoms with Crippen LogP contribution in [0, 0.1) is 11.3 Å². The molecule has 2 N–H and O–H groups in total. The lowest BCUT2D eigenvalue weighted by Gasteiger charge is -2.12. The average Bonchev–Trinajstić information content (AvgIpc) is 3.19. The number of hydrogen-bond donors (Lipinski definition) is 2. The predicted octanol–water partition coefficient (Wildman–Crippen LogP) is 5.44. The van der Waals surface area contributed by atoms with Crippen LogP contribution in [0.3, 0.4) is 0 Å². The van der Waals surface area contributed by atoms with Gasteiger partial charge in [-0.05, 0) is 23.8 Å². The van der Waals surface area contributed by atoms with Crippen molar-refractivity contribution in [3.8, 4) is 17.2 Å². The van der Waals surface area contributed by atoms with Gasteiger partial charge >= 0.3 is 0 Å². The van der Waals surface area contributed by atoms with Crippen molar-refractivity contribution in [1.82, 2.24) is 9.97 Å². The number of nitrogens with zero attached hydrogens (tertiary/aromatic N) is 2. The van der Waals surface area contributed by atoms with Crippen molar-refractivity contribution in [1.29, 1.82) is 5.26 Å². The number of H-pyrrole nitrogens is 1. The Labute approximate surface area is 179 Å². The Bertz CT molecular complexity index is 1460. The highest BCUT2D eigenvalue weighted by Crippen LogP contribution is 2.36. The number of carbonyl (C=O) groups is 1. The van der Waals surface area contributed by atoms with Crippen LogP contribution in [0.15, 0.2) is 85.1 Å². The van der Waals surface area contributed by atoms with E-state index in [1.165, 1.54) is 5.39 Å². The maximum atomic E-state index is 12.7. The van der Waals surface area contributed by atoms with Crippen molar-refractivity contribution in [3.63, 3.8) is 0 Å². The number of aromatic nitrogens is 2. The third kappa shape index (κ3) is 3.52. The molecule has 148 valence electrons. The van der Waals surface area contributed by atoms with Crippen molar-refractivity contribution in [2.75, 3.05) is 5.32 Å². The minimum atomic E-state index is -0.136. The Morgan fingerprint density at radius 1 is 0.903 bits per heavy atom. The molecule has 0 aliphatic carbocycles. The third-order valence-corrected chi connectivity index (χ3v) is 5.34. The Kier molecular flexibility index (Phi) is 4.66. The Balaban J connectivity index is 1.50. The summed E-state index contributed by atoms with van der Waals surface area (Å²) in [6, 6.07) is 27.6. The molecule has 5 heteroatoms. The van der Waals surface area contributed by atoms with E-state index in [0.717, 1.165) is 38.8 Å². The fraction of sp³-hybridized carbons (Fsp3) is 0.0385. The molecule has 0 spiro atoms. The van der Waals surface area contributed by atoms with Crippen molar-refractivity contribution in [2.24, 2.45) is 0 Å². The number of fused-ring (bicyclic) bond motifs is 3. The number of rotatable bonds is 4. The average molecular weight is 402 g/mol. The zero-order valence-electron chi connectivity index (χ0n) is 16.6. The van der Waals surface area contributed by atoms with Gasteiger partial charge in [0.15, 0.2) is 0 Å². The molecule has 31 heavy (non-hydrogen) atoms. The molecule has 5 nitrogen and oxygen atoms in total. The van der Waals surface area contributed by atoms with Crippen LogP contribution in [0.2, 0.25) is 0 Å². The lowest BCUT2D eigenvalue weighted by atomic mass is 10.00. The largest absolute Gasteiger partial charge is 0.354 e. The second kappa shape index (κ2) is 7.77. The summed E-state index contributed by atoms with van der Waals surface area (Å²) in [7, 11) is 0. The molecular formula is C26H18N4O. The summed E-state index contributed by atoms with van der Waals surface area (Å²) < 4.78 is 0. The zero-order chi connectivity index (χ0) is 21.2. The highest BCUT2D eigenvalue weighted by atomic mass is 16.1.